The number of halogens is 6. The molecule has 3 rings (SSSR count). The summed E-state index contributed by atoms with van der Waals surface area (Å²) in [4.78, 5) is 32.5. The van der Waals surface area contributed by atoms with Crippen molar-refractivity contribution in [1.82, 2.24) is 9.62 Å². The molecule has 236 valence electrons. The summed E-state index contributed by atoms with van der Waals surface area (Å²) in [5.41, 5.74) is 4.92. The van der Waals surface area contributed by atoms with Gasteiger partial charge < -0.3 is 21.5 Å². The van der Waals surface area contributed by atoms with E-state index in [0.717, 1.165) is 10.4 Å². The number of hydrogen-bond acceptors (Lipinski definition) is 6. The summed E-state index contributed by atoms with van der Waals surface area (Å²) in [6.45, 7) is 1.76. The molecule has 1 unspecified atom stereocenters. The van der Waals surface area contributed by atoms with Gasteiger partial charge in [0.2, 0.25) is 21.8 Å². The Balaban J connectivity index is 0.000000821. The molecular weight excluding hydrogens is 612 g/mol. The van der Waals surface area contributed by atoms with Gasteiger partial charge in [-0.3, -0.25) is 15.0 Å². The smallest absolute Gasteiger partial charge is 0.475 e. The molecule has 0 radical (unpaired) electrons. The lowest BCUT2D eigenvalue weighted by molar-refractivity contribution is -0.192. The number of carbonyl (C=O) groups excluding carboxylic acids is 2. The third-order valence-electron chi connectivity index (χ3n) is 5.91. The molecule has 1 fully saturated rings. The van der Waals surface area contributed by atoms with Gasteiger partial charge in [-0.2, -0.15) is 30.6 Å². The van der Waals surface area contributed by atoms with E-state index in [-0.39, 0.29) is 24.5 Å². The average molecular weight is 640 g/mol. The number of carbonyl (C=O) groups is 3. The maximum atomic E-state index is 13.8. The molecule has 2 amide bonds. The third kappa shape index (κ3) is 9.95. The van der Waals surface area contributed by atoms with Crippen LogP contribution in [0.25, 0.3) is 0 Å². The molecule has 1 heterocycles. The predicted molar refractivity (Wildman–Crippen MR) is 140 cm³/mol. The zero-order valence-electron chi connectivity index (χ0n) is 22.3. The van der Waals surface area contributed by atoms with Crippen molar-refractivity contribution in [2.75, 3.05) is 18.4 Å². The molecule has 43 heavy (non-hydrogen) atoms. The van der Waals surface area contributed by atoms with Crippen LogP contribution in [0.4, 0.5) is 32.0 Å². The highest BCUT2D eigenvalue weighted by Crippen LogP contribution is 2.37. The largest absolute Gasteiger partial charge is 0.490 e. The van der Waals surface area contributed by atoms with E-state index < -0.39 is 63.1 Å². The number of nitrogens with two attached hydrogens (primary N) is 1. The van der Waals surface area contributed by atoms with Crippen LogP contribution in [-0.4, -0.2) is 60.7 Å². The SMILES string of the molecule is CC(NC(=O)CC(=O)Nc1ccc(C(=N)N)cc1)c1ccc(S(=O)(=O)N2CCCC2)c(C(F)(F)F)c1.O=C(O)C(F)(F)F. The Bertz CT molecular complexity index is 1460. The molecular formula is C25H27F6N5O6S. The van der Waals surface area contributed by atoms with Crippen LogP contribution >= 0.6 is 0 Å². The first kappa shape index (κ1) is 35.0. The van der Waals surface area contributed by atoms with E-state index in [0.29, 0.717) is 30.2 Å². The highest BCUT2D eigenvalue weighted by atomic mass is 32.2. The summed E-state index contributed by atoms with van der Waals surface area (Å²) in [6.07, 6.45) is -9.44. The summed E-state index contributed by atoms with van der Waals surface area (Å²) in [5, 5.41) is 19.4. The second-order valence-corrected chi connectivity index (χ2v) is 11.1. The quantitative estimate of drug-likeness (QED) is 0.127. The van der Waals surface area contributed by atoms with E-state index in [1.807, 2.05) is 0 Å². The van der Waals surface area contributed by atoms with Crippen molar-refractivity contribution in [1.29, 1.82) is 5.41 Å². The number of aliphatic carboxylic acids is 1. The van der Waals surface area contributed by atoms with Crippen LogP contribution in [-0.2, 0) is 30.6 Å². The number of nitrogen functional groups attached to an aromatic ring is 1. The topological polar surface area (TPSA) is 183 Å². The molecule has 1 aliphatic rings. The zero-order chi connectivity index (χ0) is 32.8. The third-order valence-corrected chi connectivity index (χ3v) is 7.87. The number of amides is 2. The first-order valence-electron chi connectivity index (χ1n) is 12.3. The van der Waals surface area contributed by atoms with Crippen LogP contribution in [0.3, 0.4) is 0 Å². The van der Waals surface area contributed by atoms with Crippen LogP contribution in [0, 0.1) is 5.41 Å². The Kier molecular flexibility index (Phi) is 11.3. The number of anilines is 1. The Morgan fingerprint density at radius 1 is 1.00 bits per heavy atom. The van der Waals surface area contributed by atoms with E-state index >= 15 is 0 Å². The number of carboxylic acid groups (broad SMARTS) is 1. The molecule has 0 aliphatic carbocycles. The van der Waals surface area contributed by atoms with Crippen molar-refractivity contribution >= 4 is 39.3 Å². The van der Waals surface area contributed by atoms with E-state index in [1.54, 1.807) is 0 Å². The maximum absolute atomic E-state index is 13.8. The normalized spacial score (nSPS) is 14.7. The number of amidine groups is 1. The molecule has 0 bridgehead atoms. The highest BCUT2D eigenvalue weighted by Gasteiger charge is 2.40. The van der Waals surface area contributed by atoms with Crippen LogP contribution in [0.1, 0.15) is 48.9 Å². The van der Waals surface area contributed by atoms with E-state index in [9.17, 15) is 44.3 Å². The van der Waals surface area contributed by atoms with Crippen molar-refractivity contribution < 1.29 is 54.3 Å². The summed E-state index contributed by atoms with van der Waals surface area (Å²) in [6, 6.07) is 7.97. The number of benzene rings is 2. The minimum Gasteiger partial charge on any atom is -0.475 e. The van der Waals surface area contributed by atoms with Gasteiger partial charge in [0, 0.05) is 24.3 Å². The fourth-order valence-corrected chi connectivity index (χ4v) is 5.50. The van der Waals surface area contributed by atoms with Crippen molar-refractivity contribution in [2.24, 2.45) is 5.73 Å². The van der Waals surface area contributed by atoms with Crippen LogP contribution in [0.15, 0.2) is 47.4 Å². The number of alkyl halides is 6. The molecule has 0 aromatic heterocycles. The van der Waals surface area contributed by atoms with Crippen LogP contribution < -0.4 is 16.4 Å². The minimum absolute atomic E-state index is 0.0382. The molecule has 1 saturated heterocycles. The van der Waals surface area contributed by atoms with Crippen LogP contribution in [0.2, 0.25) is 0 Å². The van der Waals surface area contributed by atoms with Crippen molar-refractivity contribution in [3.63, 3.8) is 0 Å². The molecule has 1 aliphatic heterocycles. The fraction of sp³-hybridized carbons (Fsp3) is 0.360. The number of carboxylic acids is 1. The maximum Gasteiger partial charge on any atom is 0.490 e. The molecule has 11 nitrogen and oxygen atoms in total. The summed E-state index contributed by atoms with van der Waals surface area (Å²) in [5.74, 6) is -4.29. The molecule has 6 N–H and O–H groups in total. The van der Waals surface area contributed by atoms with Gasteiger partial charge in [0.05, 0.1) is 16.5 Å². The molecule has 18 heteroatoms. The zero-order valence-corrected chi connectivity index (χ0v) is 23.2. The highest BCUT2D eigenvalue weighted by molar-refractivity contribution is 7.89. The lowest BCUT2D eigenvalue weighted by atomic mass is 10.0. The predicted octanol–water partition coefficient (Wildman–Crippen LogP) is 3.61. The van der Waals surface area contributed by atoms with Crippen molar-refractivity contribution in [3.05, 3.63) is 59.2 Å². The van der Waals surface area contributed by atoms with Gasteiger partial charge in [-0.25, -0.2) is 13.2 Å². The summed E-state index contributed by atoms with van der Waals surface area (Å²) in [7, 11) is -4.32. The number of rotatable bonds is 8. The second-order valence-electron chi connectivity index (χ2n) is 9.17. The van der Waals surface area contributed by atoms with Gasteiger partial charge in [0.15, 0.2) is 0 Å². The van der Waals surface area contributed by atoms with Crippen LogP contribution in [0.5, 0.6) is 0 Å². The first-order valence-corrected chi connectivity index (χ1v) is 13.7. The van der Waals surface area contributed by atoms with Gasteiger partial charge >= 0.3 is 18.3 Å². The monoisotopic (exact) mass is 639 g/mol. The number of nitrogens with one attached hydrogen (secondary N) is 3. The Labute approximate surface area is 241 Å². The summed E-state index contributed by atoms with van der Waals surface area (Å²) < 4.78 is 99.7. The Hall–Kier alpha value is -4.19. The van der Waals surface area contributed by atoms with Gasteiger partial charge in [-0.05, 0) is 61.7 Å². The van der Waals surface area contributed by atoms with Gasteiger partial charge in [-0.1, -0.05) is 6.07 Å². The van der Waals surface area contributed by atoms with Crippen molar-refractivity contribution in [2.45, 2.75) is 49.5 Å². The number of sulfonamides is 1. The Morgan fingerprint density at radius 3 is 2.00 bits per heavy atom. The lowest BCUT2D eigenvalue weighted by Gasteiger charge is -2.21. The fourth-order valence-electron chi connectivity index (χ4n) is 3.79. The molecule has 2 aromatic rings. The summed E-state index contributed by atoms with van der Waals surface area (Å²) >= 11 is 0. The van der Waals surface area contributed by atoms with E-state index in [2.05, 4.69) is 10.6 Å². The molecule has 2 aromatic carbocycles. The molecule has 0 saturated carbocycles. The minimum atomic E-state index is -5.08. The number of nitrogens with zero attached hydrogens (tertiary/aromatic N) is 1. The standard InChI is InChI=1S/C23H26F3N5O4S.C2HF3O2/c1-14(29-20(32)13-21(33)30-17-7-4-15(5-8-17)22(27)28)16-6-9-19(18(12-16)23(24,25)26)36(34,35)31-10-2-3-11-31;3-2(4,5)1(6)7/h4-9,12,14H,2-3,10-11,13H2,1H3,(H3,27,28)(H,29,32)(H,30,33);(H,6,7). The van der Waals surface area contributed by atoms with E-state index in [1.165, 1.54) is 37.3 Å². The molecule has 0 spiro atoms. The van der Waals surface area contributed by atoms with Gasteiger partial charge in [0.1, 0.15) is 12.3 Å². The average Bonchev–Trinajstić information content (AvgIpc) is 3.44. The first-order chi connectivity index (χ1) is 19.7. The Morgan fingerprint density at radius 2 is 1.53 bits per heavy atom. The number of hydrogen-bond donors (Lipinski definition) is 5. The van der Waals surface area contributed by atoms with E-state index in [4.69, 9.17) is 21.0 Å². The second kappa shape index (κ2) is 13.9. The van der Waals surface area contributed by atoms with Gasteiger partial charge in [-0.15, -0.1) is 0 Å². The lowest BCUT2D eigenvalue weighted by Crippen LogP contribution is -2.31. The van der Waals surface area contributed by atoms with Crippen molar-refractivity contribution in [3.8, 4) is 0 Å². The van der Waals surface area contributed by atoms with Gasteiger partial charge in [0.25, 0.3) is 0 Å². The molecule has 1 atom stereocenters.